The van der Waals surface area contributed by atoms with Crippen LogP contribution in [0.1, 0.15) is 22.8 Å². The summed E-state index contributed by atoms with van der Waals surface area (Å²) >= 11 is 0. The number of carbonyl (C=O) groups excluding carboxylic acids is 2. The molecule has 0 radical (unpaired) electrons. The number of carbonyl (C=O) groups is 2. The van der Waals surface area contributed by atoms with Crippen molar-refractivity contribution >= 4 is 17.6 Å². The van der Waals surface area contributed by atoms with Crippen LogP contribution in [0.2, 0.25) is 0 Å². The van der Waals surface area contributed by atoms with Crippen LogP contribution in [0, 0.1) is 6.92 Å². The van der Waals surface area contributed by atoms with Gasteiger partial charge < -0.3 is 19.5 Å². The lowest BCUT2D eigenvalue weighted by atomic mass is 10.1. The Morgan fingerprint density at radius 2 is 1.76 bits per heavy atom. The molecule has 0 saturated heterocycles. The Morgan fingerprint density at radius 1 is 1.04 bits per heavy atom. The van der Waals surface area contributed by atoms with Gasteiger partial charge in [0.25, 0.3) is 5.91 Å². The van der Waals surface area contributed by atoms with Crippen molar-refractivity contribution in [1.29, 1.82) is 0 Å². The summed E-state index contributed by atoms with van der Waals surface area (Å²) in [6, 6.07) is 12.0. The predicted octanol–water partition coefficient (Wildman–Crippen LogP) is 3.20. The zero-order chi connectivity index (χ0) is 18.4. The molecule has 0 spiro atoms. The molecule has 0 unspecified atom stereocenters. The lowest BCUT2D eigenvalue weighted by Crippen LogP contribution is -2.30. The summed E-state index contributed by atoms with van der Waals surface area (Å²) in [5, 5.41) is 2.78. The molecule has 0 fully saturated rings. The quantitative estimate of drug-likeness (QED) is 0.816. The van der Waals surface area contributed by atoms with Crippen molar-refractivity contribution in [1.82, 2.24) is 0 Å². The summed E-state index contributed by atoms with van der Waals surface area (Å²) in [5.41, 5.74) is 1.73. The monoisotopic (exact) mass is 343 g/mol. The summed E-state index contributed by atoms with van der Waals surface area (Å²) in [5.74, 6) is 0.387. The molecule has 0 aliphatic heterocycles. The Hall–Kier alpha value is -3.02. The fourth-order valence-corrected chi connectivity index (χ4v) is 2.17. The number of methoxy groups -OCH3 is 2. The molecule has 2 aromatic rings. The minimum atomic E-state index is -0.728. The molecule has 0 heterocycles. The van der Waals surface area contributed by atoms with Crippen LogP contribution >= 0.6 is 0 Å². The number of amides is 1. The third kappa shape index (κ3) is 4.73. The van der Waals surface area contributed by atoms with E-state index in [1.807, 2.05) is 6.92 Å². The maximum absolute atomic E-state index is 12.4. The van der Waals surface area contributed by atoms with Gasteiger partial charge in [-0.3, -0.25) is 4.79 Å². The molecule has 6 nitrogen and oxygen atoms in total. The number of benzene rings is 2. The molecule has 2 aromatic carbocycles. The van der Waals surface area contributed by atoms with Crippen molar-refractivity contribution in [2.45, 2.75) is 20.0 Å². The molecule has 0 aromatic heterocycles. The highest BCUT2D eigenvalue weighted by atomic mass is 16.5. The van der Waals surface area contributed by atoms with Crippen molar-refractivity contribution in [3.8, 4) is 11.5 Å². The second-order valence-electron chi connectivity index (χ2n) is 5.45. The normalized spacial score (nSPS) is 11.4. The predicted molar refractivity (Wildman–Crippen MR) is 94.2 cm³/mol. The molecule has 25 heavy (non-hydrogen) atoms. The van der Waals surface area contributed by atoms with E-state index in [4.69, 9.17) is 14.2 Å². The highest BCUT2D eigenvalue weighted by molar-refractivity contribution is 5.97. The Labute approximate surface area is 146 Å². The van der Waals surface area contributed by atoms with Gasteiger partial charge in [-0.25, -0.2) is 4.79 Å². The van der Waals surface area contributed by atoms with Crippen molar-refractivity contribution < 1.29 is 23.8 Å². The van der Waals surface area contributed by atoms with Crippen LogP contribution in [0.25, 0.3) is 0 Å². The van der Waals surface area contributed by atoms with Crippen LogP contribution in [0.5, 0.6) is 11.5 Å². The molecular weight excluding hydrogens is 322 g/mol. The van der Waals surface area contributed by atoms with Crippen molar-refractivity contribution in [2.75, 3.05) is 19.5 Å². The lowest BCUT2D eigenvalue weighted by molar-refractivity contribution is -0.122. The number of anilines is 1. The van der Waals surface area contributed by atoms with E-state index in [9.17, 15) is 9.59 Å². The molecule has 1 atom stereocenters. The summed E-state index contributed by atoms with van der Waals surface area (Å²) in [6.07, 6.45) is -0.728. The number of ether oxygens (including phenoxy) is 3. The van der Waals surface area contributed by atoms with Gasteiger partial charge in [0.05, 0.1) is 19.8 Å². The summed E-state index contributed by atoms with van der Waals surface area (Å²) in [4.78, 5) is 24.0. The molecule has 0 aliphatic carbocycles. The van der Waals surface area contributed by atoms with Gasteiger partial charge in [0, 0.05) is 11.8 Å². The highest BCUT2D eigenvalue weighted by Crippen LogP contribution is 2.21. The first-order chi connectivity index (χ1) is 11.9. The fraction of sp³-hybridized carbons (Fsp3) is 0.263. The first-order valence-electron chi connectivity index (χ1n) is 7.75. The Bertz CT molecular complexity index is 772. The van der Waals surface area contributed by atoms with E-state index in [1.54, 1.807) is 56.5 Å². The number of esters is 1. The molecule has 1 amide bonds. The second-order valence-corrected chi connectivity index (χ2v) is 5.45. The van der Waals surface area contributed by atoms with Gasteiger partial charge in [-0.05, 0) is 43.7 Å². The first-order valence-corrected chi connectivity index (χ1v) is 7.75. The van der Waals surface area contributed by atoms with Crippen LogP contribution in [-0.4, -0.2) is 32.2 Å². The van der Waals surface area contributed by atoms with Gasteiger partial charge >= 0.3 is 5.97 Å². The summed E-state index contributed by atoms with van der Waals surface area (Å²) in [6.45, 7) is 3.48. The zero-order valence-electron chi connectivity index (χ0n) is 14.7. The Morgan fingerprint density at radius 3 is 2.44 bits per heavy atom. The SMILES string of the molecule is COC(=O)c1ccc(C)c(NC(=O)[C@@H](C)Oc2cccc(OC)c2)c1. The van der Waals surface area contributed by atoms with E-state index in [0.29, 0.717) is 22.7 Å². The van der Waals surface area contributed by atoms with E-state index in [-0.39, 0.29) is 5.91 Å². The van der Waals surface area contributed by atoms with Gasteiger partial charge in [-0.2, -0.15) is 0 Å². The number of nitrogens with one attached hydrogen (secondary N) is 1. The average Bonchev–Trinajstić information content (AvgIpc) is 2.62. The standard InChI is InChI=1S/C19H21NO5/c1-12-8-9-14(19(22)24-4)10-17(12)20-18(21)13(2)25-16-7-5-6-15(11-16)23-3/h5-11,13H,1-4H3,(H,20,21)/t13-/m1/s1. The Balaban J connectivity index is 2.09. The maximum Gasteiger partial charge on any atom is 0.337 e. The van der Waals surface area contributed by atoms with E-state index in [2.05, 4.69) is 5.32 Å². The van der Waals surface area contributed by atoms with Crippen LogP contribution in [-0.2, 0) is 9.53 Å². The minimum absolute atomic E-state index is 0.326. The third-order valence-corrected chi connectivity index (χ3v) is 3.64. The smallest absolute Gasteiger partial charge is 0.337 e. The lowest BCUT2D eigenvalue weighted by Gasteiger charge is -2.16. The molecule has 132 valence electrons. The number of hydrogen-bond donors (Lipinski definition) is 1. The first kappa shape index (κ1) is 18.3. The van der Waals surface area contributed by atoms with Gasteiger partial charge in [0.15, 0.2) is 6.10 Å². The third-order valence-electron chi connectivity index (χ3n) is 3.64. The molecule has 0 bridgehead atoms. The van der Waals surface area contributed by atoms with Gasteiger partial charge in [0.1, 0.15) is 11.5 Å². The summed E-state index contributed by atoms with van der Waals surface area (Å²) < 4.78 is 15.5. The number of hydrogen-bond acceptors (Lipinski definition) is 5. The molecule has 2 rings (SSSR count). The van der Waals surface area contributed by atoms with E-state index < -0.39 is 12.1 Å². The Kier molecular flexibility index (Phi) is 6.00. The van der Waals surface area contributed by atoms with Crippen LogP contribution < -0.4 is 14.8 Å². The van der Waals surface area contributed by atoms with Gasteiger partial charge in [-0.1, -0.05) is 12.1 Å². The molecule has 1 N–H and O–H groups in total. The number of rotatable bonds is 6. The topological polar surface area (TPSA) is 73.9 Å². The van der Waals surface area contributed by atoms with E-state index in [1.165, 1.54) is 7.11 Å². The van der Waals surface area contributed by atoms with Gasteiger partial charge in [0.2, 0.25) is 0 Å². The van der Waals surface area contributed by atoms with Crippen molar-refractivity contribution in [2.24, 2.45) is 0 Å². The fourth-order valence-electron chi connectivity index (χ4n) is 2.17. The number of aryl methyl sites for hydroxylation is 1. The largest absolute Gasteiger partial charge is 0.497 e. The molecule has 6 heteroatoms. The van der Waals surface area contributed by atoms with Gasteiger partial charge in [-0.15, -0.1) is 0 Å². The summed E-state index contributed by atoms with van der Waals surface area (Å²) in [7, 11) is 2.87. The van der Waals surface area contributed by atoms with Crippen molar-refractivity contribution in [3.05, 3.63) is 53.6 Å². The van der Waals surface area contributed by atoms with E-state index in [0.717, 1.165) is 5.56 Å². The van der Waals surface area contributed by atoms with Crippen LogP contribution in [0.15, 0.2) is 42.5 Å². The molecular formula is C19H21NO5. The van der Waals surface area contributed by atoms with Crippen molar-refractivity contribution in [3.63, 3.8) is 0 Å². The maximum atomic E-state index is 12.4. The van der Waals surface area contributed by atoms with Crippen LogP contribution in [0.3, 0.4) is 0 Å². The zero-order valence-corrected chi connectivity index (χ0v) is 14.7. The minimum Gasteiger partial charge on any atom is -0.497 e. The van der Waals surface area contributed by atoms with E-state index >= 15 is 0 Å². The molecule has 0 saturated carbocycles. The average molecular weight is 343 g/mol. The molecule has 0 aliphatic rings. The highest BCUT2D eigenvalue weighted by Gasteiger charge is 2.17. The second kappa shape index (κ2) is 8.19. The van der Waals surface area contributed by atoms with Crippen LogP contribution in [0.4, 0.5) is 5.69 Å².